The first-order chi connectivity index (χ1) is 14.1. The number of imidazole rings is 1. The zero-order valence-electron chi connectivity index (χ0n) is 17.2. The largest absolute Gasteiger partial charge is 0.387 e. The van der Waals surface area contributed by atoms with Crippen molar-refractivity contribution in [2.45, 2.75) is 45.5 Å². The van der Waals surface area contributed by atoms with Gasteiger partial charge in [-0.1, -0.05) is 0 Å². The van der Waals surface area contributed by atoms with Gasteiger partial charge in [-0.15, -0.1) is 0 Å². The van der Waals surface area contributed by atoms with E-state index in [0.717, 1.165) is 5.01 Å². The lowest BCUT2D eigenvalue weighted by molar-refractivity contribution is -0.00101. The number of nitrogens with one attached hydrogen (secondary N) is 1. The molecule has 0 radical (unpaired) electrons. The molecular formula is C19H25FN8O2. The molecule has 160 valence electrons. The van der Waals surface area contributed by atoms with Crippen LogP contribution in [0.25, 0.3) is 11.2 Å². The average Bonchev–Trinajstić information content (AvgIpc) is 3.07. The molecule has 0 spiro atoms. The second-order valence-corrected chi connectivity index (χ2v) is 7.75. The van der Waals surface area contributed by atoms with Crippen LogP contribution in [0.3, 0.4) is 0 Å². The number of fused-ring (bicyclic) bond motifs is 1. The Balaban J connectivity index is 2.10. The number of carbonyl (C=O) groups excluding carboxylic acids is 1. The maximum atomic E-state index is 14.9. The van der Waals surface area contributed by atoms with Crippen molar-refractivity contribution in [2.75, 3.05) is 22.6 Å². The summed E-state index contributed by atoms with van der Waals surface area (Å²) in [5, 5.41) is 14.4. The van der Waals surface area contributed by atoms with E-state index < -0.39 is 24.2 Å². The quantitative estimate of drug-likeness (QED) is 0.527. The highest BCUT2D eigenvalue weighted by Crippen LogP contribution is 2.21. The number of pyridine rings is 1. The van der Waals surface area contributed by atoms with Gasteiger partial charge in [0.2, 0.25) is 5.95 Å². The summed E-state index contributed by atoms with van der Waals surface area (Å²) in [5.74, 6) is -0.561. The molecule has 0 bridgehead atoms. The van der Waals surface area contributed by atoms with Crippen molar-refractivity contribution in [3.05, 3.63) is 36.5 Å². The van der Waals surface area contributed by atoms with E-state index in [1.165, 1.54) is 37.2 Å². The van der Waals surface area contributed by atoms with Crippen LogP contribution in [0.1, 0.15) is 38.1 Å². The Morgan fingerprint density at radius 2 is 2.10 bits per heavy atom. The molecule has 0 fully saturated rings. The van der Waals surface area contributed by atoms with Crippen LogP contribution in [0.2, 0.25) is 0 Å². The van der Waals surface area contributed by atoms with Crippen LogP contribution in [0.4, 0.5) is 16.0 Å². The summed E-state index contributed by atoms with van der Waals surface area (Å²) >= 11 is 0. The van der Waals surface area contributed by atoms with Crippen molar-refractivity contribution in [1.29, 1.82) is 0 Å². The summed E-state index contributed by atoms with van der Waals surface area (Å²) < 4.78 is 16.2. The number of aromatic nitrogens is 5. The summed E-state index contributed by atoms with van der Waals surface area (Å²) in [6.07, 6.45) is 3.95. The van der Waals surface area contributed by atoms with Gasteiger partial charge in [-0.25, -0.2) is 24.0 Å². The molecule has 1 amide bonds. The molecule has 30 heavy (non-hydrogen) atoms. The van der Waals surface area contributed by atoms with Crippen molar-refractivity contribution in [1.82, 2.24) is 24.6 Å². The van der Waals surface area contributed by atoms with Crippen LogP contribution >= 0.6 is 0 Å². The van der Waals surface area contributed by atoms with Crippen LogP contribution in [-0.2, 0) is 0 Å². The van der Waals surface area contributed by atoms with E-state index in [-0.39, 0.29) is 23.2 Å². The van der Waals surface area contributed by atoms with Crippen LogP contribution in [-0.4, -0.2) is 60.0 Å². The van der Waals surface area contributed by atoms with Gasteiger partial charge in [-0.05, 0) is 33.8 Å². The van der Waals surface area contributed by atoms with Gasteiger partial charge in [0, 0.05) is 18.4 Å². The number of aliphatic hydroxyl groups is 1. The number of halogens is 1. The number of hydrogen-bond donors (Lipinski definition) is 3. The van der Waals surface area contributed by atoms with Crippen LogP contribution < -0.4 is 16.1 Å². The Bertz CT molecular complexity index is 1050. The molecule has 10 nitrogen and oxygen atoms in total. The Kier molecular flexibility index (Phi) is 5.83. The minimum Gasteiger partial charge on any atom is -0.387 e. The highest BCUT2D eigenvalue weighted by Gasteiger charge is 2.33. The first-order valence-electron chi connectivity index (χ1n) is 9.42. The van der Waals surface area contributed by atoms with E-state index in [2.05, 4.69) is 25.3 Å². The second kappa shape index (κ2) is 8.19. The summed E-state index contributed by atoms with van der Waals surface area (Å²) in [6, 6.07) is 1.72. The van der Waals surface area contributed by atoms with Crippen molar-refractivity contribution in [3.63, 3.8) is 0 Å². The number of nitrogen functional groups attached to an aromatic ring is 1. The van der Waals surface area contributed by atoms with Gasteiger partial charge >= 0.3 is 0 Å². The van der Waals surface area contributed by atoms with Crippen LogP contribution in [0, 0.1) is 0 Å². The van der Waals surface area contributed by atoms with Gasteiger partial charge in [-0.3, -0.25) is 9.78 Å². The van der Waals surface area contributed by atoms with Gasteiger partial charge in [0.05, 0.1) is 29.6 Å². The summed E-state index contributed by atoms with van der Waals surface area (Å²) in [7, 11) is 0. The van der Waals surface area contributed by atoms with E-state index in [0.29, 0.717) is 11.2 Å². The zero-order chi connectivity index (χ0) is 22.1. The number of nitrogens with zero attached hydrogens (tertiary/aromatic N) is 6. The smallest absolute Gasteiger partial charge is 0.276 e. The molecule has 0 aromatic carbocycles. The molecule has 11 heteroatoms. The normalized spacial score (nSPS) is 12.9. The maximum absolute atomic E-state index is 14.9. The summed E-state index contributed by atoms with van der Waals surface area (Å²) in [6.45, 7) is 6.08. The van der Waals surface area contributed by atoms with Gasteiger partial charge in [0.1, 0.15) is 18.0 Å². The molecule has 3 aromatic rings. The molecule has 3 rings (SSSR count). The van der Waals surface area contributed by atoms with E-state index in [9.17, 15) is 14.3 Å². The van der Waals surface area contributed by atoms with Crippen molar-refractivity contribution >= 4 is 28.7 Å². The van der Waals surface area contributed by atoms with Gasteiger partial charge in [0.15, 0.2) is 5.65 Å². The SMILES string of the molecule is CC(C)Nc1ccncc1C(=O)N(CC(F)C(C)(C)O)n1cnc2cnc(N)nc21. The minimum absolute atomic E-state index is 0.0144. The van der Waals surface area contributed by atoms with Gasteiger partial charge < -0.3 is 16.2 Å². The van der Waals surface area contributed by atoms with E-state index in [4.69, 9.17) is 5.73 Å². The number of amides is 1. The molecular weight excluding hydrogens is 391 g/mol. The predicted molar refractivity (Wildman–Crippen MR) is 111 cm³/mol. The lowest BCUT2D eigenvalue weighted by Gasteiger charge is -2.30. The molecule has 0 saturated heterocycles. The summed E-state index contributed by atoms with van der Waals surface area (Å²) in [4.78, 5) is 29.7. The molecule has 3 aromatic heterocycles. The molecule has 0 aliphatic heterocycles. The molecule has 1 atom stereocenters. The number of anilines is 2. The highest BCUT2D eigenvalue weighted by molar-refractivity contribution is 6.06. The molecule has 1 unspecified atom stereocenters. The molecule has 0 saturated carbocycles. The number of rotatable bonds is 7. The molecule has 0 aliphatic carbocycles. The predicted octanol–water partition coefficient (Wildman–Crippen LogP) is 1.51. The first kappa shape index (κ1) is 21.4. The van der Waals surface area contributed by atoms with Crippen molar-refractivity contribution in [3.8, 4) is 0 Å². The third-order valence-electron chi connectivity index (χ3n) is 4.38. The molecule has 0 aliphatic rings. The Hall–Kier alpha value is -3.34. The van der Waals surface area contributed by atoms with Crippen molar-refractivity contribution in [2.24, 2.45) is 0 Å². The zero-order valence-corrected chi connectivity index (χ0v) is 17.2. The fraction of sp³-hybridized carbons (Fsp3) is 0.421. The number of alkyl halides is 1. The van der Waals surface area contributed by atoms with Gasteiger partial charge in [-0.2, -0.15) is 4.98 Å². The third-order valence-corrected chi connectivity index (χ3v) is 4.38. The maximum Gasteiger partial charge on any atom is 0.276 e. The average molecular weight is 416 g/mol. The Morgan fingerprint density at radius 1 is 1.37 bits per heavy atom. The van der Waals surface area contributed by atoms with Gasteiger partial charge in [0.25, 0.3) is 5.91 Å². The van der Waals surface area contributed by atoms with Crippen molar-refractivity contribution < 1.29 is 14.3 Å². The fourth-order valence-electron chi connectivity index (χ4n) is 2.77. The van der Waals surface area contributed by atoms with E-state index in [1.807, 2.05) is 13.8 Å². The lowest BCUT2D eigenvalue weighted by atomic mass is 10.0. The lowest BCUT2D eigenvalue weighted by Crippen LogP contribution is -2.49. The minimum atomic E-state index is -1.75. The Morgan fingerprint density at radius 3 is 2.77 bits per heavy atom. The number of nitrogens with two attached hydrogens (primary N) is 1. The van der Waals surface area contributed by atoms with Crippen LogP contribution in [0.5, 0.6) is 0 Å². The summed E-state index contributed by atoms with van der Waals surface area (Å²) in [5.41, 5.74) is 5.42. The topological polar surface area (TPSA) is 135 Å². The van der Waals surface area contributed by atoms with E-state index in [1.54, 1.807) is 12.3 Å². The Labute approximate surface area is 172 Å². The highest BCUT2D eigenvalue weighted by atomic mass is 19.1. The molecule has 3 heterocycles. The second-order valence-electron chi connectivity index (χ2n) is 7.75. The third kappa shape index (κ3) is 4.46. The molecule has 4 N–H and O–H groups in total. The number of carbonyl (C=O) groups is 1. The fourth-order valence-corrected chi connectivity index (χ4v) is 2.77. The monoisotopic (exact) mass is 416 g/mol. The van der Waals surface area contributed by atoms with E-state index >= 15 is 0 Å². The van der Waals surface area contributed by atoms with Crippen LogP contribution in [0.15, 0.2) is 31.0 Å². The standard InChI is InChI=1S/C19H25FN8O2/c1-11(2)25-13-5-6-22-7-12(13)17(29)27(9-15(20)19(3,4)30)28-10-24-14-8-23-18(21)26-16(14)28/h5-8,10-11,15,30H,9H2,1-4H3,(H,22,25)(H2,21,23,26). The first-order valence-corrected chi connectivity index (χ1v) is 9.42. The number of hydrogen-bond acceptors (Lipinski definition) is 8.